The first-order chi connectivity index (χ1) is 11.7. The van der Waals surface area contributed by atoms with Crippen molar-refractivity contribution in [2.24, 2.45) is 10.7 Å². The summed E-state index contributed by atoms with van der Waals surface area (Å²) < 4.78 is 13.2. The maximum atomic E-state index is 13.2. The van der Waals surface area contributed by atoms with Crippen molar-refractivity contribution in [1.29, 1.82) is 0 Å². The SMILES string of the molecule is CCc1ccc(NC(N)=NCCc2c[nH]c3cc(F)ccc23)cc1. The molecule has 24 heavy (non-hydrogen) atoms. The van der Waals surface area contributed by atoms with Gasteiger partial charge in [0.25, 0.3) is 0 Å². The molecule has 0 atom stereocenters. The standard InChI is InChI=1S/C19H21FN4/c1-2-13-3-6-16(7-4-13)24-19(21)22-10-9-14-12-23-18-11-15(20)5-8-17(14)18/h3-8,11-12,23H,2,9-10H2,1H3,(H3,21,22,24). The molecule has 0 fully saturated rings. The number of nitrogens with zero attached hydrogens (tertiary/aromatic N) is 1. The number of benzene rings is 2. The molecule has 2 aromatic carbocycles. The second-order valence-corrected chi connectivity index (χ2v) is 5.70. The molecule has 0 aliphatic carbocycles. The lowest BCUT2D eigenvalue weighted by molar-refractivity contribution is 0.629. The molecule has 5 heteroatoms. The summed E-state index contributed by atoms with van der Waals surface area (Å²) in [7, 11) is 0. The number of aromatic nitrogens is 1. The molecule has 1 aromatic heterocycles. The zero-order chi connectivity index (χ0) is 16.9. The average molecular weight is 324 g/mol. The minimum absolute atomic E-state index is 0.239. The maximum Gasteiger partial charge on any atom is 0.193 e. The van der Waals surface area contributed by atoms with E-state index in [-0.39, 0.29) is 5.82 Å². The van der Waals surface area contributed by atoms with Gasteiger partial charge in [0.2, 0.25) is 0 Å². The van der Waals surface area contributed by atoms with Crippen molar-refractivity contribution < 1.29 is 4.39 Å². The van der Waals surface area contributed by atoms with Gasteiger partial charge in [0.05, 0.1) is 0 Å². The van der Waals surface area contributed by atoms with Gasteiger partial charge in [0.1, 0.15) is 5.82 Å². The molecule has 0 unspecified atom stereocenters. The van der Waals surface area contributed by atoms with Crippen molar-refractivity contribution in [2.75, 3.05) is 11.9 Å². The first kappa shape index (κ1) is 16.1. The van der Waals surface area contributed by atoms with Crippen LogP contribution in [0.25, 0.3) is 10.9 Å². The zero-order valence-electron chi connectivity index (χ0n) is 13.6. The van der Waals surface area contributed by atoms with Gasteiger partial charge in [-0.2, -0.15) is 0 Å². The molecule has 0 radical (unpaired) electrons. The predicted molar refractivity (Wildman–Crippen MR) is 97.9 cm³/mol. The summed E-state index contributed by atoms with van der Waals surface area (Å²) in [6, 6.07) is 12.9. The molecule has 4 nitrogen and oxygen atoms in total. The van der Waals surface area contributed by atoms with Crippen LogP contribution in [0.3, 0.4) is 0 Å². The topological polar surface area (TPSA) is 66.2 Å². The van der Waals surface area contributed by atoms with Crippen molar-refractivity contribution in [3.63, 3.8) is 0 Å². The molecule has 4 N–H and O–H groups in total. The summed E-state index contributed by atoms with van der Waals surface area (Å²) in [5.74, 6) is 0.154. The van der Waals surface area contributed by atoms with Gasteiger partial charge < -0.3 is 16.0 Å². The Labute approximate surface area is 140 Å². The van der Waals surface area contributed by atoms with Crippen LogP contribution < -0.4 is 11.1 Å². The number of fused-ring (bicyclic) bond motifs is 1. The summed E-state index contributed by atoms with van der Waals surface area (Å²) in [6.45, 7) is 2.69. The lowest BCUT2D eigenvalue weighted by Crippen LogP contribution is -2.23. The van der Waals surface area contributed by atoms with Crippen LogP contribution in [0.1, 0.15) is 18.1 Å². The van der Waals surface area contributed by atoms with Crippen LogP contribution >= 0.6 is 0 Å². The Morgan fingerprint density at radius 3 is 2.75 bits per heavy atom. The van der Waals surface area contributed by atoms with Gasteiger partial charge in [-0.25, -0.2) is 4.39 Å². The van der Waals surface area contributed by atoms with E-state index in [1.54, 1.807) is 6.07 Å². The van der Waals surface area contributed by atoms with E-state index in [0.717, 1.165) is 35.0 Å². The van der Waals surface area contributed by atoms with E-state index in [1.807, 2.05) is 18.3 Å². The molecule has 1 heterocycles. The number of nitrogens with one attached hydrogen (secondary N) is 2. The maximum absolute atomic E-state index is 13.2. The minimum Gasteiger partial charge on any atom is -0.370 e. The molecule has 0 spiro atoms. The van der Waals surface area contributed by atoms with Crippen LogP contribution in [-0.4, -0.2) is 17.5 Å². The zero-order valence-corrected chi connectivity index (χ0v) is 13.6. The smallest absolute Gasteiger partial charge is 0.193 e. The molecule has 0 amide bonds. The number of H-pyrrole nitrogens is 1. The average Bonchev–Trinajstić information content (AvgIpc) is 2.97. The second-order valence-electron chi connectivity index (χ2n) is 5.70. The van der Waals surface area contributed by atoms with Crippen LogP contribution in [0.4, 0.5) is 10.1 Å². The number of anilines is 1. The van der Waals surface area contributed by atoms with Crippen molar-refractivity contribution in [1.82, 2.24) is 4.98 Å². The van der Waals surface area contributed by atoms with E-state index >= 15 is 0 Å². The molecule has 3 rings (SSSR count). The fraction of sp³-hybridized carbons (Fsp3) is 0.211. The van der Waals surface area contributed by atoms with Crippen LogP contribution in [0, 0.1) is 5.82 Å². The number of aryl methyl sites for hydroxylation is 1. The third kappa shape index (κ3) is 3.74. The predicted octanol–water partition coefficient (Wildman–Crippen LogP) is 3.84. The Morgan fingerprint density at radius 2 is 2.00 bits per heavy atom. The molecule has 0 saturated carbocycles. The van der Waals surface area contributed by atoms with Gasteiger partial charge in [-0.3, -0.25) is 4.99 Å². The van der Waals surface area contributed by atoms with Crippen molar-refractivity contribution >= 4 is 22.5 Å². The van der Waals surface area contributed by atoms with Gasteiger partial charge in [-0.15, -0.1) is 0 Å². The Morgan fingerprint density at radius 1 is 1.21 bits per heavy atom. The summed E-state index contributed by atoms with van der Waals surface area (Å²) in [4.78, 5) is 7.44. The van der Waals surface area contributed by atoms with Gasteiger partial charge >= 0.3 is 0 Å². The molecule has 3 aromatic rings. The molecular formula is C19H21FN4. The highest BCUT2D eigenvalue weighted by Gasteiger charge is 2.04. The second kappa shape index (κ2) is 7.17. The van der Waals surface area contributed by atoms with E-state index in [2.05, 4.69) is 34.3 Å². The summed E-state index contributed by atoms with van der Waals surface area (Å²) in [6.07, 6.45) is 3.65. The number of nitrogens with two attached hydrogens (primary N) is 1. The van der Waals surface area contributed by atoms with E-state index in [1.165, 1.54) is 17.7 Å². The summed E-state index contributed by atoms with van der Waals surface area (Å²) in [5, 5.41) is 4.11. The Kier molecular flexibility index (Phi) is 4.79. The largest absolute Gasteiger partial charge is 0.370 e. The molecule has 0 bridgehead atoms. The number of guanidine groups is 1. The highest BCUT2D eigenvalue weighted by atomic mass is 19.1. The van der Waals surface area contributed by atoms with Crippen molar-refractivity contribution in [3.8, 4) is 0 Å². The Hall–Kier alpha value is -2.82. The lowest BCUT2D eigenvalue weighted by Gasteiger charge is -2.06. The molecule has 124 valence electrons. The summed E-state index contributed by atoms with van der Waals surface area (Å²) in [5.41, 5.74) is 10.0. The Bertz CT molecular complexity index is 849. The Balaban J connectivity index is 1.60. The number of aromatic amines is 1. The number of rotatable bonds is 5. The van der Waals surface area contributed by atoms with Crippen molar-refractivity contribution in [3.05, 3.63) is 65.6 Å². The third-order valence-electron chi connectivity index (χ3n) is 4.03. The molecule has 0 aliphatic heterocycles. The summed E-state index contributed by atoms with van der Waals surface area (Å²) >= 11 is 0. The van der Waals surface area contributed by atoms with Gasteiger partial charge in [0, 0.05) is 29.3 Å². The van der Waals surface area contributed by atoms with Crippen molar-refractivity contribution in [2.45, 2.75) is 19.8 Å². The van der Waals surface area contributed by atoms with E-state index < -0.39 is 0 Å². The van der Waals surface area contributed by atoms with E-state index in [4.69, 9.17) is 5.73 Å². The number of hydrogen-bond acceptors (Lipinski definition) is 1. The van der Waals surface area contributed by atoms with Gasteiger partial charge in [0.15, 0.2) is 5.96 Å². The molecular weight excluding hydrogens is 303 g/mol. The highest BCUT2D eigenvalue weighted by molar-refractivity contribution is 5.92. The minimum atomic E-state index is -0.239. The number of aliphatic imine (C=N–C) groups is 1. The fourth-order valence-corrected chi connectivity index (χ4v) is 2.67. The van der Waals surface area contributed by atoms with E-state index in [0.29, 0.717) is 12.5 Å². The van der Waals surface area contributed by atoms with Crippen LogP contribution in [0.5, 0.6) is 0 Å². The quantitative estimate of drug-likeness (QED) is 0.493. The lowest BCUT2D eigenvalue weighted by atomic mass is 10.1. The van der Waals surface area contributed by atoms with Gasteiger partial charge in [-0.1, -0.05) is 19.1 Å². The third-order valence-corrected chi connectivity index (χ3v) is 4.03. The van der Waals surface area contributed by atoms with E-state index in [9.17, 15) is 4.39 Å². The van der Waals surface area contributed by atoms with Gasteiger partial charge in [-0.05, 0) is 54.3 Å². The first-order valence-electron chi connectivity index (χ1n) is 8.07. The number of halogens is 1. The normalized spacial score (nSPS) is 11.8. The molecule has 0 aliphatic rings. The molecule has 0 saturated heterocycles. The van der Waals surface area contributed by atoms with Crippen LogP contribution in [0.15, 0.2) is 53.7 Å². The van der Waals surface area contributed by atoms with Crippen LogP contribution in [-0.2, 0) is 12.8 Å². The fourth-order valence-electron chi connectivity index (χ4n) is 2.67. The van der Waals surface area contributed by atoms with Crippen LogP contribution in [0.2, 0.25) is 0 Å². The monoisotopic (exact) mass is 324 g/mol. The number of hydrogen-bond donors (Lipinski definition) is 3. The first-order valence-corrected chi connectivity index (χ1v) is 8.07. The highest BCUT2D eigenvalue weighted by Crippen LogP contribution is 2.19.